The van der Waals surface area contributed by atoms with Gasteiger partial charge in [0.15, 0.2) is 5.11 Å². The number of benzene rings is 1. The molecule has 0 atom stereocenters. The van der Waals surface area contributed by atoms with E-state index in [2.05, 4.69) is 10.6 Å². The van der Waals surface area contributed by atoms with E-state index in [9.17, 15) is 4.79 Å². The predicted molar refractivity (Wildman–Crippen MR) is 107 cm³/mol. The third-order valence-electron chi connectivity index (χ3n) is 4.15. The van der Waals surface area contributed by atoms with Crippen molar-refractivity contribution in [1.82, 2.24) is 5.32 Å². The number of anilines is 1. The summed E-state index contributed by atoms with van der Waals surface area (Å²) in [5.41, 5.74) is 2.83. The van der Waals surface area contributed by atoms with Gasteiger partial charge in [-0.05, 0) is 61.2 Å². The van der Waals surface area contributed by atoms with E-state index in [1.54, 1.807) is 11.3 Å². The second kappa shape index (κ2) is 8.17. The number of thiocarbonyl (C=S) groups is 1. The van der Waals surface area contributed by atoms with Gasteiger partial charge in [-0.15, -0.1) is 11.3 Å². The molecule has 4 nitrogen and oxygen atoms in total. The van der Waals surface area contributed by atoms with Gasteiger partial charge in [0, 0.05) is 16.4 Å². The lowest BCUT2D eigenvalue weighted by Crippen LogP contribution is -2.28. The van der Waals surface area contributed by atoms with Gasteiger partial charge in [-0.2, -0.15) is 0 Å². The molecule has 0 spiro atoms. The first-order chi connectivity index (χ1) is 12.1. The zero-order valence-electron chi connectivity index (χ0n) is 13.9. The molecule has 1 aliphatic rings. The fraction of sp³-hybridized carbons (Fsp3) is 0.333. The lowest BCUT2D eigenvalue weighted by Gasteiger charge is -2.12. The Morgan fingerprint density at radius 3 is 2.72 bits per heavy atom. The number of ether oxygens (including phenoxy) is 1. The van der Waals surface area contributed by atoms with Crippen molar-refractivity contribution in [3.8, 4) is 0 Å². The second-order valence-corrected chi connectivity index (χ2v) is 7.79. The quantitative estimate of drug-likeness (QED) is 0.588. The molecule has 7 heteroatoms. The Kier molecular flexibility index (Phi) is 5.93. The highest BCUT2D eigenvalue weighted by atomic mass is 35.5. The van der Waals surface area contributed by atoms with E-state index >= 15 is 0 Å². The van der Waals surface area contributed by atoms with Crippen LogP contribution in [0.15, 0.2) is 24.3 Å². The smallest absolute Gasteiger partial charge is 0.341 e. The van der Waals surface area contributed by atoms with Gasteiger partial charge in [0.2, 0.25) is 0 Å². The van der Waals surface area contributed by atoms with Crippen molar-refractivity contribution in [2.75, 3.05) is 12.4 Å². The maximum absolute atomic E-state index is 12.2. The van der Waals surface area contributed by atoms with Crippen LogP contribution in [0.5, 0.6) is 0 Å². The lowest BCUT2D eigenvalue weighted by molar-refractivity contribution is 0.0601. The van der Waals surface area contributed by atoms with Crippen LogP contribution in [0.4, 0.5) is 5.00 Å². The number of thiophene rings is 1. The van der Waals surface area contributed by atoms with Gasteiger partial charge in [0.1, 0.15) is 5.00 Å². The molecule has 25 heavy (non-hydrogen) atoms. The molecule has 1 heterocycles. The average Bonchev–Trinajstić information content (AvgIpc) is 2.98. The number of carbonyl (C=O) groups excluding carboxylic acids is 1. The van der Waals surface area contributed by atoms with E-state index in [1.165, 1.54) is 12.0 Å². The van der Waals surface area contributed by atoms with Gasteiger partial charge in [-0.1, -0.05) is 23.7 Å². The molecule has 0 unspecified atom stereocenters. The summed E-state index contributed by atoms with van der Waals surface area (Å²) in [7, 11) is 1.41. The number of fused-ring (bicyclic) bond motifs is 1. The van der Waals surface area contributed by atoms with Gasteiger partial charge in [0.25, 0.3) is 0 Å². The van der Waals surface area contributed by atoms with Crippen molar-refractivity contribution in [3.63, 3.8) is 0 Å². The molecule has 2 aromatic rings. The molecule has 0 saturated heterocycles. The minimum absolute atomic E-state index is 0.303. The molecule has 0 saturated carbocycles. The Morgan fingerprint density at radius 1 is 1.28 bits per heavy atom. The summed E-state index contributed by atoms with van der Waals surface area (Å²) in [5.74, 6) is -0.303. The number of carbonyl (C=O) groups is 1. The first-order valence-electron chi connectivity index (χ1n) is 8.10. The van der Waals surface area contributed by atoms with Crippen molar-refractivity contribution < 1.29 is 9.53 Å². The summed E-state index contributed by atoms with van der Waals surface area (Å²) < 4.78 is 4.97. The second-order valence-electron chi connectivity index (χ2n) is 5.84. The molecule has 0 aliphatic heterocycles. The topological polar surface area (TPSA) is 50.4 Å². The summed E-state index contributed by atoms with van der Waals surface area (Å²) in [6, 6.07) is 7.58. The molecule has 0 fully saturated rings. The van der Waals surface area contributed by atoms with Crippen LogP contribution < -0.4 is 10.6 Å². The first-order valence-corrected chi connectivity index (χ1v) is 9.71. The van der Waals surface area contributed by atoms with Crippen LogP contribution in [0.1, 0.15) is 39.2 Å². The minimum Gasteiger partial charge on any atom is -0.465 e. The number of hydrogen-bond donors (Lipinski definition) is 2. The molecule has 0 radical (unpaired) electrons. The number of rotatable bonds is 4. The normalized spacial score (nSPS) is 13.0. The number of methoxy groups -OCH3 is 1. The highest BCUT2D eigenvalue weighted by Crippen LogP contribution is 2.38. The van der Waals surface area contributed by atoms with E-state index in [1.807, 2.05) is 24.3 Å². The van der Waals surface area contributed by atoms with Crippen molar-refractivity contribution >= 4 is 51.2 Å². The van der Waals surface area contributed by atoms with Crippen LogP contribution in [0.2, 0.25) is 5.02 Å². The van der Waals surface area contributed by atoms with E-state index in [0.717, 1.165) is 41.8 Å². The molecule has 0 bridgehead atoms. The molecule has 3 rings (SSSR count). The molecular weight excluding hydrogens is 376 g/mol. The Balaban J connectivity index is 1.71. The third-order valence-corrected chi connectivity index (χ3v) is 5.86. The zero-order chi connectivity index (χ0) is 17.8. The monoisotopic (exact) mass is 394 g/mol. The largest absolute Gasteiger partial charge is 0.465 e. The number of esters is 1. The van der Waals surface area contributed by atoms with Crippen LogP contribution >= 0.6 is 35.2 Å². The number of aryl methyl sites for hydroxylation is 1. The van der Waals surface area contributed by atoms with Gasteiger partial charge in [0.05, 0.1) is 12.7 Å². The van der Waals surface area contributed by atoms with Crippen LogP contribution in [-0.4, -0.2) is 18.2 Å². The standard InChI is InChI=1S/C18H19ClN2O2S2/c1-23-17(22)15-13-4-2-3-5-14(13)25-16(15)21-18(24)20-10-11-6-8-12(19)9-7-11/h6-9H,2-5,10H2,1H3,(H2,20,21,24). The molecule has 1 aromatic heterocycles. The molecule has 0 amide bonds. The van der Waals surface area contributed by atoms with Gasteiger partial charge in [-0.3, -0.25) is 0 Å². The van der Waals surface area contributed by atoms with Gasteiger partial charge >= 0.3 is 5.97 Å². The summed E-state index contributed by atoms with van der Waals surface area (Å²) in [6.45, 7) is 0.585. The Labute approximate surface area is 161 Å². The fourth-order valence-corrected chi connectivity index (χ4v) is 4.55. The molecule has 132 valence electrons. The van der Waals surface area contributed by atoms with Crippen LogP contribution in [0.3, 0.4) is 0 Å². The van der Waals surface area contributed by atoms with Crippen LogP contribution in [-0.2, 0) is 24.1 Å². The van der Waals surface area contributed by atoms with Crippen molar-refractivity contribution in [2.24, 2.45) is 0 Å². The lowest BCUT2D eigenvalue weighted by atomic mass is 9.95. The predicted octanol–water partition coefficient (Wildman–Crippen LogP) is 4.55. The number of halogens is 1. The Bertz CT molecular complexity index is 787. The van der Waals surface area contributed by atoms with E-state index < -0.39 is 0 Å². The SMILES string of the molecule is COC(=O)c1c(NC(=S)NCc2ccc(Cl)cc2)sc2c1CCCC2. The summed E-state index contributed by atoms with van der Waals surface area (Å²) in [4.78, 5) is 13.5. The van der Waals surface area contributed by atoms with Crippen molar-refractivity contribution in [2.45, 2.75) is 32.2 Å². The molecule has 2 N–H and O–H groups in total. The Morgan fingerprint density at radius 2 is 2.00 bits per heavy atom. The van der Waals surface area contributed by atoms with E-state index in [-0.39, 0.29) is 5.97 Å². The summed E-state index contributed by atoms with van der Waals surface area (Å²) >= 11 is 12.9. The first kappa shape index (κ1) is 18.2. The average molecular weight is 395 g/mol. The van der Waals surface area contributed by atoms with Gasteiger partial charge < -0.3 is 15.4 Å². The molecule has 1 aromatic carbocycles. The maximum Gasteiger partial charge on any atom is 0.341 e. The Hall–Kier alpha value is -1.63. The van der Waals surface area contributed by atoms with Crippen LogP contribution in [0.25, 0.3) is 0 Å². The zero-order valence-corrected chi connectivity index (χ0v) is 16.2. The van der Waals surface area contributed by atoms with Crippen LogP contribution in [0, 0.1) is 0 Å². The highest BCUT2D eigenvalue weighted by Gasteiger charge is 2.26. The maximum atomic E-state index is 12.2. The number of hydrogen-bond acceptors (Lipinski definition) is 4. The molecule has 1 aliphatic carbocycles. The van der Waals surface area contributed by atoms with E-state index in [4.69, 9.17) is 28.6 Å². The van der Waals surface area contributed by atoms with Gasteiger partial charge in [-0.25, -0.2) is 4.79 Å². The summed E-state index contributed by atoms with van der Waals surface area (Å²) in [6.07, 6.45) is 4.19. The van der Waals surface area contributed by atoms with Crippen molar-refractivity contribution in [3.05, 3.63) is 50.9 Å². The minimum atomic E-state index is -0.303. The number of nitrogens with one attached hydrogen (secondary N) is 2. The van der Waals surface area contributed by atoms with E-state index in [0.29, 0.717) is 22.2 Å². The van der Waals surface area contributed by atoms with Crippen molar-refractivity contribution in [1.29, 1.82) is 0 Å². The fourth-order valence-electron chi connectivity index (χ4n) is 2.90. The highest BCUT2D eigenvalue weighted by molar-refractivity contribution is 7.80. The third kappa shape index (κ3) is 4.32. The molecular formula is C18H19ClN2O2S2. The summed E-state index contributed by atoms with van der Waals surface area (Å²) in [5, 5.41) is 8.30.